The molecule has 0 aliphatic rings. The zero-order valence-corrected chi connectivity index (χ0v) is 9.07. The predicted octanol–water partition coefficient (Wildman–Crippen LogP) is 0.328. The summed E-state index contributed by atoms with van der Waals surface area (Å²) in [5.41, 5.74) is 5.77. The average molecular weight is 199 g/mol. The summed E-state index contributed by atoms with van der Waals surface area (Å²) in [5, 5.41) is 0. The van der Waals surface area contributed by atoms with Gasteiger partial charge in [-0.05, 0) is 20.6 Å². The summed E-state index contributed by atoms with van der Waals surface area (Å²) < 4.78 is 4.52. The fraction of sp³-hybridized carbons (Fsp3) is 0.556. The second-order valence-corrected chi connectivity index (χ2v) is 3.09. The van der Waals surface area contributed by atoms with Crippen molar-refractivity contribution in [1.29, 1.82) is 0 Å². The summed E-state index contributed by atoms with van der Waals surface area (Å²) in [4.78, 5) is 16.5. The topological polar surface area (TPSA) is 67.9 Å². The number of rotatable bonds is 4. The number of carbonyl (C=O) groups is 1. The number of hydrogen-bond acceptors (Lipinski definition) is 5. The van der Waals surface area contributed by atoms with E-state index in [-0.39, 0.29) is 17.6 Å². The minimum Gasteiger partial charge on any atom is -0.464 e. The van der Waals surface area contributed by atoms with Crippen LogP contribution >= 0.6 is 0 Å². The van der Waals surface area contributed by atoms with Gasteiger partial charge in [-0.25, -0.2) is 4.79 Å². The molecule has 2 N–H and O–H groups in total. The molecule has 0 aromatic heterocycles. The standard InChI is InChI=1S/C9H17N3O2/c1-6(2)12(4)8(10)7(11-3)9(13)14-5/h6H,3,10H2,1-2,4-5H3/b8-7-. The van der Waals surface area contributed by atoms with Crippen molar-refractivity contribution in [3.63, 3.8) is 0 Å². The Morgan fingerprint density at radius 3 is 2.36 bits per heavy atom. The first-order chi connectivity index (χ1) is 6.45. The Hall–Kier alpha value is -1.52. The molecule has 0 bridgehead atoms. The smallest absolute Gasteiger partial charge is 0.360 e. The van der Waals surface area contributed by atoms with Crippen molar-refractivity contribution in [2.24, 2.45) is 10.7 Å². The van der Waals surface area contributed by atoms with Crippen molar-refractivity contribution < 1.29 is 9.53 Å². The maximum atomic E-state index is 11.2. The monoisotopic (exact) mass is 199 g/mol. The van der Waals surface area contributed by atoms with E-state index in [0.717, 1.165) is 0 Å². The molecule has 0 aliphatic heterocycles. The number of ether oxygens (including phenoxy) is 1. The highest BCUT2D eigenvalue weighted by atomic mass is 16.5. The van der Waals surface area contributed by atoms with Crippen molar-refractivity contribution in [2.75, 3.05) is 14.2 Å². The van der Waals surface area contributed by atoms with Crippen LogP contribution in [0, 0.1) is 0 Å². The van der Waals surface area contributed by atoms with Crippen LogP contribution in [0.1, 0.15) is 13.8 Å². The maximum absolute atomic E-state index is 11.2. The second-order valence-electron chi connectivity index (χ2n) is 3.09. The highest BCUT2D eigenvalue weighted by molar-refractivity contribution is 5.89. The first-order valence-corrected chi connectivity index (χ1v) is 4.23. The molecule has 0 radical (unpaired) electrons. The highest BCUT2D eigenvalue weighted by Gasteiger charge is 2.16. The number of carbonyl (C=O) groups excluding carboxylic acids is 1. The molecule has 5 nitrogen and oxygen atoms in total. The van der Waals surface area contributed by atoms with Gasteiger partial charge >= 0.3 is 5.97 Å². The van der Waals surface area contributed by atoms with Gasteiger partial charge in [0, 0.05) is 13.1 Å². The minimum absolute atomic E-state index is 0.0451. The van der Waals surface area contributed by atoms with E-state index in [9.17, 15) is 4.79 Å². The van der Waals surface area contributed by atoms with Crippen LogP contribution in [-0.2, 0) is 9.53 Å². The molecule has 0 rings (SSSR count). The van der Waals surface area contributed by atoms with Crippen LogP contribution in [0.4, 0.5) is 0 Å². The maximum Gasteiger partial charge on any atom is 0.360 e. The molecule has 0 fully saturated rings. The van der Waals surface area contributed by atoms with E-state index in [4.69, 9.17) is 5.73 Å². The van der Waals surface area contributed by atoms with E-state index in [1.807, 2.05) is 13.8 Å². The van der Waals surface area contributed by atoms with Gasteiger partial charge in [0.1, 0.15) is 5.82 Å². The lowest BCUT2D eigenvalue weighted by molar-refractivity contribution is -0.136. The SMILES string of the molecule is C=N/C(C(=O)OC)=C(/N)N(C)C(C)C. The highest BCUT2D eigenvalue weighted by Crippen LogP contribution is 2.08. The minimum atomic E-state index is -0.579. The number of esters is 1. The van der Waals surface area contributed by atoms with Crippen molar-refractivity contribution in [1.82, 2.24) is 4.90 Å². The predicted molar refractivity (Wildman–Crippen MR) is 55.7 cm³/mol. The van der Waals surface area contributed by atoms with E-state index >= 15 is 0 Å². The largest absolute Gasteiger partial charge is 0.464 e. The van der Waals surface area contributed by atoms with Crippen molar-refractivity contribution >= 4 is 12.7 Å². The summed E-state index contributed by atoms with van der Waals surface area (Å²) >= 11 is 0. The van der Waals surface area contributed by atoms with Gasteiger partial charge in [-0.2, -0.15) is 0 Å². The third-order valence-electron chi connectivity index (χ3n) is 1.93. The van der Waals surface area contributed by atoms with Crippen molar-refractivity contribution in [3.8, 4) is 0 Å². The molecule has 5 heteroatoms. The van der Waals surface area contributed by atoms with E-state index in [2.05, 4.69) is 16.4 Å². The van der Waals surface area contributed by atoms with Crippen LogP contribution in [0.3, 0.4) is 0 Å². The second kappa shape index (κ2) is 5.26. The van der Waals surface area contributed by atoms with Gasteiger partial charge in [0.25, 0.3) is 0 Å². The van der Waals surface area contributed by atoms with Crippen LogP contribution in [0.15, 0.2) is 16.5 Å². The summed E-state index contributed by atoms with van der Waals surface area (Å²) in [6.07, 6.45) is 0. The molecule has 0 aromatic rings. The van der Waals surface area contributed by atoms with Gasteiger partial charge in [0.05, 0.1) is 7.11 Å². The first kappa shape index (κ1) is 12.5. The summed E-state index contributed by atoms with van der Waals surface area (Å²) in [5.74, 6) is -0.313. The van der Waals surface area contributed by atoms with Crippen LogP contribution in [0.2, 0.25) is 0 Å². The van der Waals surface area contributed by atoms with Gasteiger partial charge in [0.15, 0.2) is 5.70 Å². The van der Waals surface area contributed by atoms with Gasteiger partial charge in [0.2, 0.25) is 0 Å². The third kappa shape index (κ3) is 2.76. The Bertz CT molecular complexity index is 259. The first-order valence-electron chi connectivity index (χ1n) is 4.23. The van der Waals surface area contributed by atoms with E-state index in [1.165, 1.54) is 7.11 Å². The Labute approximate surface area is 84.2 Å². The Balaban J connectivity index is 5.01. The van der Waals surface area contributed by atoms with E-state index in [1.54, 1.807) is 11.9 Å². The summed E-state index contributed by atoms with van der Waals surface area (Å²) in [6, 6.07) is 0.177. The fourth-order valence-corrected chi connectivity index (χ4v) is 0.792. The van der Waals surface area contributed by atoms with Crippen LogP contribution in [-0.4, -0.2) is 37.8 Å². The molecule has 80 valence electrons. The van der Waals surface area contributed by atoms with E-state index in [0.29, 0.717) is 0 Å². The molecule has 0 amide bonds. The van der Waals surface area contributed by atoms with E-state index < -0.39 is 5.97 Å². The number of methoxy groups -OCH3 is 1. The molecule has 0 spiro atoms. The summed E-state index contributed by atoms with van der Waals surface area (Å²) in [6.45, 7) is 7.18. The lowest BCUT2D eigenvalue weighted by Crippen LogP contribution is -2.32. The molecular formula is C9H17N3O2. The third-order valence-corrected chi connectivity index (χ3v) is 1.93. The lowest BCUT2D eigenvalue weighted by Gasteiger charge is -2.24. The molecule has 0 heterocycles. The van der Waals surface area contributed by atoms with Gasteiger partial charge in [-0.3, -0.25) is 4.99 Å². The molecule has 0 atom stereocenters. The zero-order valence-electron chi connectivity index (χ0n) is 9.07. The van der Waals surface area contributed by atoms with Gasteiger partial charge in [-0.1, -0.05) is 0 Å². The Morgan fingerprint density at radius 1 is 1.57 bits per heavy atom. The van der Waals surface area contributed by atoms with Crippen LogP contribution < -0.4 is 5.73 Å². The molecule has 0 aromatic carbocycles. The quantitative estimate of drug-likeness (QED) is 0.402. The molecular weight excluding hydrogens is 182 g/mol. The zero-order chi connectivity index (χ0) is 11.3. The lowest BCUT2D eigenvalue weighted by atomic mass is 10.3. The van der Waals surface area contributed by atoms with Gasteiger partial charge in [-0.15, -0.1) is 0 Å². The molecule has 14 heavy (non-hydrogen) atoms. The fourth-order valence-electron chi connectivity index (χ4n) is 0.792. The Kier molecular flexibility index (Phi) is 4.69. The normalized spacial score (nSPS) is 12.1. The van der Waals surface area contributed by atoms with Crippen molar-refractivity contribution in [2.45, 2.75) is 19.9 Å². The molecule has 0 saturated heterocycles. The number of hydrogen-bond donors (Lipinski definition) is 1. The molecule has 0 saturated carbocycles. The molecule has 0 aliphatic carbocycles. The van der Waals surface area contributed by atoms with Crippen molar-refractivity contribution in [3.05, 3.63) is 11.5 Å². The summed E-state index contributed by atoms with van der Waals surface area (Å²) in [7, 11) is 3.05. The van der Waals surface area contributed by atoms with Crippen LogP contribution in [0.5, 0.6) is 0 Å². The number of aliphatic imine (C=N–C) groups is 1. The average Bonchev–Trinajstić information content (AvgIpc) is 2.16. The molecule has 0 unspecified atom stereocenters. The number of nitrogens with zero attached hydrogens (tertiary/aromatic N) is 2. The number of nitrogens with two attached hydrogens (primary N) is 1. The van der Waals surface area contributed by atoms with Crippen LogP contribution in [0.25, 0.3) is 0 Å². The Morgan fingerprint density at radius 2 is 2.07 bits per heavy atom. The van der Waals surface area contributed by atoms with Gasteiger partial charge < -0.3 is 15.4 Å².